The zero-order chi connectivity index (χ0) is 20.1. The van der Waals surface area contributed by atoms with E-state index in [1.54, 1.807) is 6.92 Å². The summed E-state index contributed by atoms with van der Waals surface area (Å²) in [5, 5.41) is 25.8. The van der Waals surface area contributed by atoms with Crippen LogP contribution in [0.3, 0.4) is 0 Å². The highest BCUT2D eigenvalue weighted by Gasteiger charge is 2.19. The maximum Gasteiger partial charge on any atom is 0.277 e. The van der Waals surface area contributed by atoms with Gasteiger partial charge in [0.05, 0.1) is 27.2 Å². The van der Waals surface area contributed by atoms with Crippen LogP contribution < -0.4 is 10.3 Å². The molecule has 2 aromatic carbocycles. The Morgan fingerprint density at radius 2 is 1.48 bits per heavy atom. The third-order valence-corrected chi connectivity index (χ3v) is 3.71. The molecule has 0 radical (unpaired) electrons. The van der Waals surface area contributed by atoms with Crippen molar-refractivity contribution in [3.63, 3.8) is 0 Å². The van der Waals surface area contributed by atoms with Crippen molar-refractivity contribution in [2.24, 2.45) is 5.10 Å². The zero-order valence-electron chi connectivity index (χ0n) is 14.9. The van der Waals surface area contributed by atoms with Crippen molar-refractivity contribution >= 4 is 28.7 Å². The molecule has 0 aliphatic rings. The topological polar surface area (TPSA) is 131 Å². The predicted octanol–water partition coefficient (Wildman–Crippen LogP) is 2.72. The fourth-order valence-electron chi connectivity index (χ4n) is 2.20. The molecule has 0 fully saturated rings. The van der Waals surface area contributed by atoms with Crippen LogP contribution in [0.15, 0.2) is 47.6 Å². The molecule has 140 valence electrons. The molecule has 0 unspecified atom stereocenters. The average Bonchev–Trinajstić information content (AvgIpc) is 2.65. The lowest BCUT2D eigenvalue weighted by atomic mass is 10.1. The van der Waals surface area contributed by atoms with Crippen molar-refractivity contribution in [2.75, 3.05) is 19.0 Å². The number of anilines is 1. The number of hydrazone groups is 1. The largest absolute Gasteiger partial charge is 0.378 e. The molecule has 0 heterocycles. The van der Waals surface area contributed by atoms with Crippen LogP contribution in [0.2, 0.25) is 0 Å². The molecule has 0 bridgehead atoms. The van der Waals surface area contributed by atoms with Crippen LogP contribution in [0.25, 0.3) is 0 Å². The van der Waals surface area contributed by atoms with Crippen LogP contribution in [0.4, 0.5) is 17.1 Å². The van der Waals surface area contributed by atoms with Gasteiger partial charge in [0.2, 0.25) is 0 Å². The number of hydrogen-bond acceptors (Lipinski definition) is 7. The van der Waals surface area contributed by atoms with E-state index in [0.29, 0.717) is 5.71 Å². The number of nitrogens with one attached hydrogen (secondary N) is 1. The lowest BCUT2D eigenvalue weighted by Gasteiger charge is -2.12. The molecule has 2 rings (SSSR count). The van der Waals surface area contributed by atoms with E-state index >= 15 is 0 Å². The Labute approximate surface area is 154 Å². The van der Waals surface area contributed by atoms with E-state index in [4.69, 9.17) is 0 Å². The smallest absolute Gasteiger partial charge is 0.277 e. The molecule has 10 nitrogen and oxygen atoms in total. The molecule has 0 atom stereocenters. The highest BCUT2D eigenvalue weighted by Crippen LogP contribution is 2.22. The van der Waals surface area contributed by atoms with Gasteiger partial charge in [0.25, 0.3) is 17.3 Å². The summed E-state index contributed by atoms with van der Waals surface area (Å²) in [4.78, 5) is 34.3. The first-order chi connectivity index (χ1) is 12.7. The van der Waals surface area contributed by atoms with E-state index in [1.165, 1.54) is 0 Å². The summed E-state index contributed by atoms with van der Waals surface area (Å²) in [6, 6.07) is 10.1. The lowest BCUT2D eigenvalue weighted by Crippen LogP contribution is -2.19. The Bertz CT molecular complexity index is 890. The number of nitro groups is 2. The van der Waals surface area contributed by atoms with Gasteiger partial charge in [-0.05, 0) is 24.6 Å². The number of nitrogens with zero attached hydrogens (tertiary/aromatic N) is 4. The molecule has 27 heavy (non-hydrogen) atoms. The number of benzene rings is 2. The summed E-state index contributed by atoms with van der Waals surface area (Å²) in [5.41, 5.74) is 3.22. The summed E-state index contributed by atoms with van der Waals surface area (Å²) in [5.74, 6) is -0.786. The first-order valence-electron chi connectivity index (χ1n) is 7.75. The van der Waals surface area contributed by atoms with Crippen LogP contribution in [-0.2, 0) is 0 Å². The normalized spacial score (nSPS) is 11.0. The molecule has 0 aromatic heterocycles. The third-order valence-electron chi connectivity index (χ3n) is 3.71. The van der Waals surface area contributed by atoms with Gasteiger partial charge in [-0.1, -0.05) is 12.1 Å². The van der Waals surface area contributed by atoms with E-state index in [1.807, 2.05) is 43.3 Å². The fourth-order valence-corrected chi connectivity index (χ4v) is 2.20. The summed E-state index contributed by atoms with van der Waals surface area (Å²) in [7, 11) is 3.82. The van der Waals surface area contributed by atoms with E-state index in [-0.39, 0.29) is 5.56 Å². The van der Waals surface area contributed by atoms with Gasteiger partial charge in [-0.3, -0.25) is 25.0 Å². The third kappa shape index (κ3) is 4.84. The minimum Gasteiger partial charge on any atom is -0.378 e. The van der Waals surface area contributed by atoms with E-state index < -0.39 is 27.1 Å². The summed E-state index contributed by atoms with van der Waals surface area (Å²) in [6.07, 6.45) is 0. The Hall–Kier alpha value is -3.82. The highest BCUT2D eigenvalue weighted by molar-refractivity contribution is 6.01. The van der Waals surface area contributed by atoms with Crippen molar-refractivity contribution in [3.8, 4) is 0 Å². The lowest BCUT2D eigenvalue weighted by molar-refractivity contribution is -0.394. The first-order valence-corrected chi connectivity index (χ1v) is 7.75. The van der Waals surface area contributed by atoms with Crippen LogP contribution in [0.5, 0.6) is 0 Å². The summed E-state index contributed by atoms with van der Waals surface area (Å²) in [6.45, 7) is 1.68. The molecule has 0 saturated carbocycles. The van der Waals surface area contributed by atoms with Crippen LogP contribution in [0, 0.1) is 20.2 Å². The van der Waals surface area contributed by atoms with Gasteiger partial charge in [-0.15, -0.1) is 0 Å². The average molecular weight is 371 g/mol. The van der Waals surface area contributed by atoms with Crippen molar-refractivity contribution in [1.29, 1.82) is 0 Å². The Morgan fingerprint density at radius 1 is 0.963 bits per heavy atom. The molecule has 0 aliphatic carbocycles. The monoisotopic (exact) mass is 371 g/mol. The molecule has 0 spiro atoms. The fraction of sp³-hybridized carbons (Fsp3) is 0.176. The highest BCUT2D eigenvalue weighted by atomic mass is 16.6. The second-order valence-corrected chi connectivity index (χ2v) is 5.83. The predicted molar refractivity (Wildman–Crippen MR) is 100 cm³/mol. The van der Waals surface area contributed by atoms with E-state index in [2.05, 4.69) is 10.5 Å². The molecular weight excluding hydrogens is 354 g/mol. The van der Waals surface area contributed by atoms with Crippen molar-refractivity contribution in [1.82, 2.24) is 5.43 Å². The molecule has 1 amide bonds. The molecule has 2 aromatic rings. The van der Waals surface area contributed by atoms with Gasteiger partial charge in [0, 0.05) is 31.9 Å². The summed E-state index contributed by atoms with van der Waals surface area (Å²) >= 11 is 0. The second kappa shape index (κ2) is 8.04. The van der Waals surface area contributed by atoms with E-state index in [0.717, 1.165) is 29.4 Å². The number of carbonyl (C=O) groups is 1. The maximum absolute atomic E-state index is 12.2. The molecular formula is C17H17N5O5. The number of non-ortho nitro benzene ring substituents is 2. The van der Waals surface area contributed by atoms with Gasteiger partial charge in [0.15, 0.2) is 0 Å². The molecule has 1 N–H and O–H groups in total. The van der Waals surface area contributed by atoms with Crippen molar-refractivity contribution in [2.45, 2.75) is 6.92 Å². The van der Waals surface area contributed by atoms with Gasteiger partial charge >= 0.3 is 0 Å². The molecule has 0 saturated heterocycles. The second-order valence-electron chi connectivity index (χ2n) is 5.83. The van der Waals surface area contributed by atoms with Crippen LogP contribution in [-0.4, -0.2) is 35.6 Å². The Balaban J connectivity index is 2.22. The Morgan fingerprint density at radius 3 is 1.93 bits per heavy atom. The first kappa shape index (κ1) is 19.5. The number of nitro benzene ring substituents is 2. The van der Waals surface area contributed by atoms with Crippen molar-refractivity contribution in [3.05, 3.63) is 73.8 Å². The number of rotatable bonds is 6. The zero-order valence-corrected chi connectivity index (χ0v) is 14.9. The van der Waals surface area contributed by atoms with E-state index in [9.17, 15) is 25.0 Å². The summed E-state index contributed by atoms with van der Waals surface area (Å²) < 4.78 is 0. The van der Waals surface area contributed by atoms with Gasteiger partial charge in [0.1, 0.15) is 0 Å². The molecule has 10 heteroatoms. The standard InChI is InChI=1S/C17H17N5O5/c1-11(12-4-6-14(7-5-12)20(2)3)18-19-17(23)13-8-15(21(24)25)10-16(9-13)22(26)27/h4-10H,1-3H3,(H,19,23)/b18-11+. The molecule has 0 aliphatic heterocycles. The number of amides is 1. The van der Waals surface area contributed by atoms with Gasteiger partial charge < -0.3 is 4.90 Å². The quantitative estimate of drug-likeness (QED) is 0.472. The number of hydrogen-bond donors (Lipinski definition) is 1. The number of carbonyl (C=O) groups excluding carboxylic acids is 1. The van der Waals surface area contributed by atoms with Crippen LogP contribution in [0.1, 0.15) is 22.8 Å². The Kier molecular flexibility index (Phi) is 5.81. The minimum absolute atomic E-state index is 0.226. The van der Waals surface area contributed by atoms with Crippen molar-refractivity contribution < 1.29 is 14.6 Å². The van der Waals surface area contributed by atoms with Gasteiger partial charge in [-0.2, -0.15) is 5.10 Å². The van der Waals surface area contributed by atoms with Crippen LogP contribution >= 0.6 is 0 Å². The minimum atomic E-state index is -0.801. The maximum atomic E-state index is 12.2. The SMILES string of the molecule is C/C(=N\NC(=O)c1cc([N+](=O)[O-])cc([N+](=O)[O-])c1)c1ccc(N(C)C)cc1. The van der Waals surface area contributed by atoms with Gasteiger partial charge in [-0.25, -0.2) is 5.43 Å².